The van der Waals surface area contributed by atoms with Gasteiger partial charge in [-0.2, -0.15) is 0 Å². The van der Waals surface area contributed by atoms with Crippen molar-refractivity contribution in [2.24, 2.45) is 0 Å². The first kappa shape index (κ1) is 12.3. The van der Waals surface area contributed by atoms with Crippen LogP contribution in [0.2, 0.25) is 0 Å². The lowest BCUT2D eigenvalue weighted by Gasteiger charge is -2.09. The number of nitrogen functional groups attached to an aromatic ring is 1. The van der Waals surface area contributed by atoms with Crippen LogP contribution in [0.5, 0.6) is 11.5 Å². The molecule has 0 unspecified atom stereocenters. The first-order valence-electron chi connectivity index (χ1n) is 5.78. The quantitative estimate of drug-likeness (QED) is 0.840. The Morgan fingerprint density at radius 3 is 2.33 bits per heavy atom. The summed E-state index contributed by atoms with van der Waals surface area (Å²) in [5.41, 5.74) is 9.01. The number of nitrogens with two attached hydrogens (primary N) is 1. The molecule has 0 spiro atoms. The minimum absolute atomic E-state index is 0.747. The van der Waals surface area contributed by atoms with Crippen LogP contribution in [0.15, 0.2) is 42.5 Å². The Hall–Kier alpha value is -2.16. The third-order valence-corrected chi connectivity index (χ3v) is 2.88. The van der Waals surface area contributed by atoms with Crippen molar-refractivity contribution in [2.75, 3.05) is 20.0 Å². The Bertz CT molecular complexity index is 538. The van der Waals surface area contributed by atoms with Gasteiger partial charge in [-0.15, -0.1) is 0 Å². The number of methoxy groups -OCH3 is 2. The molecule has 0 radical (unpaired) electrons. The standard InChI is InChI=1S/C15H17NO2/c1-17-13-5-3-4-11(9-13)8-12-6-7-14(18-2)10-15(12)16/h3-7,9-10H,8,16H2,1-2H3. The van der Waals surface area contributed by atoms with Crippen molar-refractivity contribution in [1.82, 2.24) is 0 Å². The van der Waals surface area contributed by atoms with E-state index in [4.69, 9.17) is 15.2 Å². The van der Waals surface area contributed by atoms with E-state index in [2.05, 4.69) is 6.07 Å². The molecule has 0 saturated heterocycles. The first-order valence-corrected chi connectivity index (χ1v) is 5.78. The first-order chi connectivity index (χ1) is 8.72. The zero-order valence-electron chi connectivity index (χ0n) is 10.6. The zero-order valence-corrected chi connectivity index (χ0v) is 10.6. The van der Waals surface area contributed by atoms with E-state index in [0.29, 0.717) is 0 Å². The molecule has 2 aromatic carbocycles. The van der Waals surface area contributed by atoms with Gasteiger partial charge in [0.2, 0.25) is 0 Å². The van der Waals surface area contributed by atoms with Gasteiger partial charge in [-0.1, -0.05) is 18.2 Å². The van der Waals surface area contributed by atoms with E-state index in [1.54, 1.807) is 14.2 Å². The maximum absolute atomic E-state index is 6.00. The molecule has 0 amide bonds. The molecule has 0 bridgehead atoms. The number of hydrogen-bond donors (Lipinski definition) is 1. The van der Waals surface area contributed by atoms with Gasteiger partial charge in [0, 0.05) is 11.8 Å². The van der Waals surface area contributed by atoms with Gasteiger partial charge in [-0.25, -0.2) is 0 Å². The fourth-order valence-corrected chi connectivity index (χ4v) is 1.86. The van der Waals surface area contributed by atoms with Crippen molar-refractivity contribution in [3.8, 4) is 11.5 Å². The lowest BCUT2D eigenvalue weighted by molar-refractivity contribution is 0.414. The third kappa shape index (κ3) is 2.74. The van der Waals surface area contributed by atoms with Gasteiger partial charge in [0.25, 0.3) is 0 Å². The Labute approximate surface area is 107 Å². The second-order valence-electron chi connectivity index (χ2n) is 4.09. The largest absolute Gasteiger partial charge is 0.497 e. The topological polar surface area (TPSA) is 44.5 Å². The predicted octanol–water partition coefficient (Wildman–Crippen LogP) is 2.88. The smallest absolute Gasteiger partial charge is 0.120 e. The van der Waals surface area contributed by atoms with E-state index in [1.165, 1.54) is 5.56 Å². The fraction of sp³-hybridized carbons (Fsp3) is 0.200. The molecule has 3 nitrogen and oxygen atoms in total. The average molecular weight is 243 g/mol. The third-order valence-electron chi connectivity index (χ3n) is 2.88. The molecule has 0 heterocycles. The predicted molar refractivity (Wildman–Crippen MR) is 73.2 cm³/mol. The van der Waals surface area contributed by atoms with Gasteiger partial charge >= 0.3 is 0 Å². The SMILES string of the molecule is COc1cccc(Cc2ccc(OC)cc2N)c1. The Kier molecular flexibility index (Phi) is 3.72. The van der Waals surface area contributed by atoms with Crippen LogP contribution in [0.25, 0.3) is 0 Å². The summed E-state index contributed by atoms with van der Waals surface area (Å²) >= 11 is 0. The van der Waals surface area contributed by atoms with E-state index in [-0.39, 0.29) is 0 Å². The van der Waals surface area contributed by atoms with Crippen molar-refractivity contribution in [1.29, 1.82) is 0 Å². The maximum atomic E-state index is 6.00. The van der Waals surface area contributed by atoms with Crippen LogP contribution in [0.4, 0.5) is 5.69 Å². The Morgan fingerprint density at radius 2 is 1.67 bits per heavy atom. The second-order valence-corrected chi connectivity index (χ2v) is 4.09. The van der Waals surface area contributed by atoms with Crippen LogP contribution in [0, 0.1) is 0 Å². The van der Waals surface area contributed by atoms with Gasteiger partial charge in [-0.3, -0.25) is 0 Å². The lowest BCUT2D eigenvalue weighted by atomic mass is 10.0. The highest BCUT2D eigenvalue weighted by atomic mass is 16.5. The zero-order chi connectivity index (χ0) is 13.0. The van der Waals surface area contributed by atoms with Crippen molar-refractivity contribution in [2.45, 2.75) is 6.42 Å². The molecule has 2 rings (SSSR count). The summed E-state index contributed by atoms with van der Waals surface area (Å²) in [6.07, 6.45) is 0.785. The molecule has 3 heteroatoms. The van der Waals surface area contributed by atoms with Gasteiger partial charge in [0.05, 0.1) is 14.2 Å². The average Bonchev–Trinajstić information content (AvgIpc) is 2.41. The monoisotopic (exact) mass is 243 g/mol. The highest BCUT2D eigenvalue weighted by Gasteiger charge is 2.03. The summed E-state index contributed by atoms with van der Waals surface area (Å²) in [6.45, 7) is 0. The highest BCUT2D eigenvalue weighted by Crippen LogP contribution is 2.23. The van der Waals surface area contributed by atoms with Crippen LogP contribution in [0.1, 0.15) is 11.1 Å². The molecule has 0 atom stereocenters. The van der Waals surface area contributed by atoms with Crippen molar-refractivity contribution in [3.63, 3.8) is 0 Å². The summed E-state index contributed by atoms with van der Waals surface area (Å²) in [4.78, 5) is 0. The van der Waals surface area contributed by atoms with Crippen LogP contribution < -0.4 is 15.2 Å². The van der Waals surface area contributed by atoms with Gasteiger partial charge in [-0.05, 0) is 35.7 Å². The van der Waals surface area contributed by atoms with Crippen LogP contribution >= 0.6 is 0 Å². The molecule has 18 heavy (non-hydrogen) atoms. The Morgan fingerprint density at radius 1 is 0.944 bits per heavy atom. The normalized spacial score (nSPS) is 10.1. The number of hydrogen-bond acceptors (Lipinski definition) is 3. The number of benzene rings is 2. The summed E-state index contributed by atoms with van der Waals surface area (Å²) in [5.74, 6) is 1.64. The summed E-state index contributed by atoms with van der Waals surface area (Å²) in [7, 11) is 3.30. The molecule has 94 valence electrons. The summed E-state index contributed by atoms with van der Waals surface area (Å²) in [5, 5.41) is 0. The van der Waals surface area contributed by atoms with Crippen LogP contribution in [-0.2, 0) is 6.42 Å². The van der Waals surface area contributed by atoms with Gasteiger partial charge in [0.1, 0.15) is 11.5 Å². The summed E-state index contributed by atoms with van der Waals surface area (Å²) < 4.78 is 10.3. The van der Waals surface area contributed by atoms with Crippen molar-refractivity contribution in [3.05, 3.63) is 53.6 Å². The number of ether oxygens (including phenoxy) is 2. The van der Waals surface area contributed by atoms with Crippen LogP contribution in [0.3, 0.4) is 0 Å². The van der Waals surface area contributed by atoms with E-state index >= 15 is 0 Å². The molecule has 0 aliphatic heterocycles. The van der Waals surface area contributed by atoms with E-state index in [0.717, 1.165) is 29.2 Å². The van der Waals surface area contributed by atoms with Gasteiger partial charge < -0.3 is 15.2 Å². The molecule has 0 saturated carbocycles. The highest BCUT2D eigenvalue weighted by molar-refractivity contribution is 5.53. The lowest BCUT2D eigenvalue weighted by Crippen LogP contribution is -1.97. The minimum atomic E-state index is 0.747. The molecule has 0 aliphatic rings. The van der Waals surface area contributed by atoms with E-state index in [9.17, 15) is 0 Å². The molecule has 2 N–H and O–H groups in total. The molecular weight excluding hydrogens is 226 g/mol. The van der Waals surface area contributed by atoms with Gasteiger partial charge in [0.15, 0.2) is 0 Å². The summed E-state index contributed by atoms with van der Waals surface area (Å²) in [6, 6.07) is 13.7. The molecular formula is C15H17NO2. The number of rotatable bonds is 4. The molecule has 2 aromatic rings. The number of anilines is 1. The Balaban J connectivity index is 2.22. The fourth-order valence-electron chi connectivity index (χ4n) is 1.86. The van der Waals surface area contributed by atoms with Crippen molar-refractivity contribution >= 4 is 5.69 Å². The maximum Gasteiger partial charge on any atom is 0.120 e. The minimum Gasteiger partial charge on any atom is -0.497 e. The molecule has 0 aliphatic carbocycles. The molecule has 0 aromatic heterocycles. The van der Waals surface area contributed by atoms with Crippen molar-refractivity contribution < 1.29 is 9.47 Å². The molecule has 0 fully saturated rings. The van der Waals surface area contributed by atoms with Crippen LogP contribution in [-0.4, -0.2) is 14.2 Å². The second kappa shape index (κ2) is 5.45. The van der Waals surface area contributed by atoms with E-state index < -0.39 is 0 Å². The van der Waals surface area contributed by atoms with E-state index in [1.807, 2.05) is 36.4 Å².